The summed E-state index contributed by atoms with van der Waals surface area (Å²) in [5.41, 5.74) is 6.54. The lowest BCUT2D eigenvalue weighted by molar-refractivity contribution is 0.104. The van der Waals surface area contributed by atoms with Crippen molar-refractivity contribution in [3.63, 3.8) is 0 Å². The molecule has 2 aromatic rings. The van der Waals surface area contributed by atoms with E-state index in [9.17, 15) is 4.79 Å². The van der Waals surface area contributed by atoms with Crippen LogP contribution in [0.3, 0.4) is 0 Å². The van der Waals surface area contributed by atoms with Crippen LogP contribution >= 0.6 is 11.3 Å². The number of benzene rings is 1. The van der Waals surface area contributed by atoms with Crippen molar-refractivity contribution in [3.8, 4) is 11.5 Å². The van der Waals surface area contributed by atoms with Crippen LogP contribution in [0, 0.1) is 0 Å². The largest absolute Gasteiger partial charge is 0.486 e. The van der Waals surface area contributed by atoms with Gasteiger partial charge < -0.3 is 20.5 Å². The zero-order chi connectivity index (χ0) is 17.2. The van der Waals surface area contributed by atoms with Crippen molar-refractivity contribution >= 4 is 28.1 Å². The number of carbonyl (C=O) groups excluding carboxylic acids is 1. The molecule has 1 aromatic heterocycles. The van der Waals surface area contributed by atoms with Gasteiger partial charge in [0.25, 0.3) is 0 Å². The Bertz CT molecular complexity index is 784. The first kappa shape index (κ1) is 16.2. The Balaban J connectivity index is 1.53. The minimum absolute atomic E-state index is 0.135. The van der Waals surface area contributed by atoms with E-state index in [-0.39, 0.29) is 11.6 Å². The summed E-state index contributed by atoms with van der Waals surface area (Å²) in [4.78, 5) is 17.6. The number of aromatic nitrogens is 1. The molecule has 0 atom stereocenters. The number of hydrogen-bond acceptors (Lipinski definition) is 7. The van der Waals surface area contributed by atoms with Gasteiger partial charge in [0.1, 0.15) is 23.9 Å². The maximum Gasteiger partial charge on any atom is 0.206 e. The predicted molar refractivity (Wildman–Crippen MR) is 97.9 cm³/mol. The second-order valence-corrected chi connectivity index (χ2v) is 7.40. The first-order valence-corrected chi connectivity index (χ1v) is 9.49. The summed E-state index contributed by atoms with van der Waals surface area (Å²) in [6, 6.07) is 5.64. The molecule has 4 rings (SSSR count). The van der Waals surface area contributed by atoms with Crippen molar-refractivity contribution in [1.82, 2.24) is 4.98 Å². The Hall–Kier alpha value is -2.28. The summed E-state index contributed by atoms with van der Waals surface area (Å²) in [5.74, 6) is 1.41. The minimum atomic E-state index is -0.135. The molecule has 7 heteroatoms. The van der Waals surface area contributed by atoms with Gasteiger partial charge in [0.15, 0.2) is 16.6 Å². The van der Waals surface area contributed by atoms with Crippen LogP contribution in [0.4, 0.5) is 10.9 Å². The normalized spacial score (nSPS) is 17.3. The molecule has 1 saturated carbocycles. The summed E-state index contributed by atoms with van der Waals surface area (Å²) in [6.45, 7) is 1.01. The Morgan fingerprint density at radius 3 is 2.72 bits per heavy atom. The van der Waals surface area contributed by atoms with Gasteiger partial charge in [-0.25, -0.2) is 4.98 Å². The van der Waals surface area contributed by atoms with Crippen LogP contribution in [0.25, 0.3) is 0 Å². The van der Waals surface area contributed by atoms with E-state index >= 15 is 0 Å². The Morgan fingerprint density at radius 1 is 1.16 bits per heavy atom. The van der Waals surface area contributed by atoms with Gasteiger partial charge in [-0.3, -0.25) is 4.79 Å². The fourth-order valence-corrected chi connectivity index (χ4v) is 4.22. The first-order chi connectivity index (χ1) is 12.2. The number of anilines is 2. The molecule has 1 aromatic carbocycles. The van der Waals surface area contributed by atoms with E-state index in [1.165, 1.54) is 30.6 Å². The maximum atomic E-state index is 12.8. The third-order valence-corrected chi connectivity index (χ3v) is 5.60. The number of hydrogen-bond donors (Lipinski definition) is 2. The number of thiazole rings is 1. The number of rotatable bonds is 4. The number of nitrogens with zero attached hydrogens (tertiary/aromatic N) is 1. The molecule has 0 radical (unpaired) electrons. The highest BCUT2D eigenvalue weighted by Crippen LogP contribution is 2.34. The summed E-state index contributed by atoms with van der Waals surface area (Å²) >= 11 is 1.32. The van der Waals surface area contributed by atoms with Crippen LogP contribution in [0.1, 0.15) is 47.3 Å². The van der Waals surface area contributed by atoms with Gasteiger partial charge in [-0.15, -0.1) is 0 Å². The summed E-state index contributed by atoms with van der Waals surface area (Å²) < 4.78 is 11.0. The van der Waals surface area contributed by atoms with Crippen molar-refractivity contribution in [2.45, 2.75) is 38.1 Å². The van der Waals surface area contributed by atoms with Crippen molar-refractivity contribution in [2.24, 2.45) is 0 Å². The molecule has 25 heavy (non-hydrogen) atoms. The van der Waals surface area contributed by atoms with Gasteiger partial charge in [-0.1, -0.05) is 30.6 Å². The molecule has 1 aliphatic carbocycles. The smallest absolute Gasteiger partial charge is 0.206 e. The van der Waals surface area contributed by atoms with Gasteiger partial charge in [-0.2, -0.15) is 0 Å². The third-order valence-electron chi connectivity index (χ3n) is 4.60. The highest BCUT2D eigenvalue weighted by atomic mass is 32.1. The molecule has 3 N–H and O–H groups in total. The number of nitrogen functional groups attached to an aromatic ring is 1. The summed E-state index contributed by atoms with van der Waals surface area (Å²) in [7, 11) is 0. The average molecular weight is 359 g/mol. The Morgan fingerprint density at radius 2 is 1.92 bits per heavy atom. The van der Waals surface area contributed by atoms with E-state index in [1.807, 2.05) is 0 Å². The molecule has 1 fully saturated rings. The fourth-order valence-electron chi connectivity index (χ4n) is 3.29. The monoisotopic (exact) mass is 359 g/mol. The second-order valence-electron chi connectivity index (χ2n) is 6.40. The van der Waals surface area contributed by atoms with Gasteiger partial charge in [0.2, 0.25) is 5.78 Å². The lowest BCUT2D eigenvalue weighted by Crippen LogP contribution is -2.22. The standard InChI is InChI=1S/C18H21N3O3S/c19-17-16(25-18(21-17)20-12-4-2-1-3-5-12)15(22)11-6-7-13-14(10-11)24-9-8-23-13/h6-7,10,12H,1-5,8-9,19H2,(H,20,21). The van der Waals surface area contributed by atoms with Crippen molar-refractivity contribution in [1.29, 1.82) is 0 Å². The predicted octanol–water partition coefficient (Wildman–Crippen LogP) is 3.47. The average Bonchev–Trinajstić information content (AvgIpc) is 3.01. The van der Waals surface area contributed by atoms with E-state index in [0.29, 0.717) is 41.2 Å². The van der Waals surface area contributed by atoms with Crippen LogP contribution in [-0.4, -0.2) is 30.0 Å². The van der Waals surface area contributed by atoms with E-state index in [0.717, 1.165) is 18.0 Å². The molecule has 6 nitrogen and oxygen atoms in total. The Kier molecular flexibility index (Phi) is 4.48. The molecule has 0 bridgehead atoms. The van der Waals surface area contributed by atoms with Crippen LogP contribution in [0.5, 0.6) is 11.5 Å². The quantitative estimate of drug-likeness (QED) is 0.813. The van der Waals surface area contributed by atoms with Crippen LogP contribution in [0.2, 0.25) is 0 Å². The number of nitrogens with two attached hydrogens (primary N) is 1. The van der Waals surface area contributed by atoms with Crippen LogP contribution in [-0.2, 0) is 0 Å². The zero-order valence-corrected chi connectivity index (χ0v) is 14.7. The van der Waals surface area contributed by atoms with Crippen molar-refractivity contribution in [3.05, 3.63) is 28.6 Å². The van der Waals surface area contributed by atoms with Gasteiger partial charge in [-0.05, 0) is 31.0 Å². The number of ether oxygens (including phenoxy) is 2. The van der Waals surface area contributed by atoms with E-state index in [4.69, 9.17) is 15.2 Å². The molecular formula is C18H21N3O3S. The second kappa shape index (κ2) is 6.92. The summed E-state index contributed by atoms with van der Waals surface area (Å²) in [5, 5.41) is 4.16. The maximum absolute atomic E-state index is 12.8. The van der Waals surface area contributed by atoms with Crippen molar-refractivity contribution in [2.75, 3.05) is 24.3 Å². The molecule has 0 unspecified atom stereocenters. The molecule has 0 spiro atoms. The van der Waals surface area contributed by atoms with E-state index in [2.05, 4.69) is 10.3 Å². The zero-order valence-electron chi connectivity index (χ0n) is 13.9. The molecule has 0 amide bonds. The van der Waals surface area contributed by atoms with Gasteiger partial charge in [0, 0.05) is 11.6 Å². The molecule has 132 valence electrons. The Labute approximate surface area is 150 Å². The molecular weight excluding hydrogens is 338 g/mol. The van der Waals surface area contributed by atoms with Crippen LogP contribution in [0.15, 0.2) is 18.2 Å². The minimum Gasteiger partial charge on any atom is -0.486 e. The number of nitrogens with one attached hydrogen (secondary N) is 1. The highest BCUT2D eigenvalue weighted by Gasteiger charge is 2.22. The molecule has 0 saturated heterocycles. The molecule has 2 aliphatic rings. The lowest BCUT2D eigenvalue weighted by Gasteiger charge is -2.22. The van der Waals surface area contributed by atoms with Crippen molar-refractivity contribution < 1.29 is 14.3 Å². The first-order valence-electron chi connectivity index (χ1n) is 8.68. The number of ketones is 1. The summed E-state index contributed by atoms with van der Waals surface area (Å²) in [6.07, 6.45) is 6.06. The van der Waals surface area contributed by atoms with Gasteiger partial charge >= 0.3 is 0 Å². The highest BCUT2D eigenvalue weighted by molar-refractivity contribution is 7.18. The van der Waals surface area contributed by atoms with E-state index in [1.54, 1.807) is 18.2 Å². The van der Waals surface area contributed by atoms with Crippen LogP contribution < -0.4 is 20.5 Å². The topological polar surface area (TPSA) is 86.5 Å². The van der Waals surface area contributed by atoms with Gasteiger partial charge in [0.05, 0.1) is 0 Å². The third kappa shape index (κ3) is 3.42. The number of carbonyl (C=O) groups is 1. The number of fused-ring (bicyclic) bond motifs is 1. The van der Waals surface area contributed by atoms with E-state index < -0.39 is 0 Å². The SMILES string of the molecule is Nc1nc(NC2CCCCC2)sc1C(=O)c1ccc2c(c1)OCCO2. The fraction of sp³-hybridized carbons (Fsp3) is 0.444. The molecule has 1 aliphatic heterocycles. The lowest BCUT2D eigenvalue weighted by atomic mass is 9.96. The molecule has 2 heterocycles.